The highest BCUT2D eigenvalue weighted by atomic mass is 35.5. The summed E-state index contributed by atoms with van der Waals surface area (Å²) in [4.78, 5) is 36.0. The van der Waals surface area contributed by atoms with Gasteiger partial charge in [0.05, 0.1) is 10.6 Å². The molecule has 5 rings (SSSR count). The minimum atomic E-state index is -0.612. The molecule has 1 heterocycles. The Bertz CT molecular complexity index is 1020. The average Bonchev–Trinajstić information content (AvgIpc) is 3.07. The predicted molar refractivity (Wildman–Crippen MR) is 110 cm³/mol. The monoisotopic (exact) mass is 451 g/mol. The maximum Gasteiger partial charge on any atom is 0.258 e. The molecule has 2 bridgehead atoms. The Balaban J connectivity index is 1.25. The van der Waals surface area contributed by atoms with E-state index in [1.54, 1.807) is 11.4 Å². The second-order valence-corrected chi connectivity index (χ2v) is 9.13. The van der Waals surface area contributed by atoms with Crippen molar-refractivity contribution in [2.75, 3.05) is 11.9 Å². The molecular formula is C20H19ClFN3O4S. The van der Waals surface area contributed by atoms with Gasteiger partial charge in [-0.15, -0.1) is 11.3 Å². The van der Waals surface area contributed by atoms with Crippen molar-refractivity contribution in [2.24, 2.45) is 0 Å². The summed E-state index contributed by atoms with van der Waals surface area (Å²) in [5, 5.41) is 10.9. The number of rotatable bonds is 7. The molecule has 0 atom stereocenters. The summed E-state index contributed by atoms with van der Waals surface area (Å²) >= 11 is 6.91. The fraction of sp³-hybridized carbons (Fsp3) is 0.350. The third-order valence-electron chi connectivity index (χ3n) is 5.27. The van der Waals surface area contributed by atoms with Crippen molar-refractivity contribution in [3.63, 3.8) is 0 Å². The molecule has 7 nitrogen and oxygen atoms in total. The largest absolute Gasteiger partial charge is 0.484 e. The zero-order valence-electron chi connectivity index (χ0n) is 16.0. The van der Waals surface area contributed by atoms with E-state index in [1.165, 1.54) is 30.4 Å². The van der Waals surface area contributed by atoms with Gasteiger partial charge in [0.1, 0.15) is 16.6 Å². The first kappa shape index (κ1) is 20.6. The van der Waals surface area contributed by atoms with Gasteiger partial charge in [0, 0.05) is 24.1 Å². The van der Waals surface area contributed by atoms with E-state index in [0.29, 0.717) is 29.8 Å². The number of benzene rings is 1. The van der Waals surface area contributed by atoms with Crippen molar-refractivity contribution >= 4 is 45.7 Å². The number of hydrogen-bond acceptors (Lipinski definition) is 5. The standard InChI is InChI=1S/C20H19ClFN3O4S/c1-11(26)23-18-13(4-5-30-18)17(28)25-20-8-19(9-20,10-20)24-16(27)7-29-12-2-3-14(21)15(22)6-12/h2-6H,7-10H2,1H3,(H,23,26)(H,24,27)(H,25,28). The van der Waals surface area contributed by atoms with Gasteiger partial charge >= 0.3 is 0 Å². The molecule has 3 amide bonds. The van der Waals surface area contributed by atoms with Crippen LogP contribution in [0.4, 0.5) is 9.39 Å². The smallest absolute Gasteiger partial charge is 0.258 e. The Morgan fingerprint density at radius 1 is 1.17 bits per heavy atom. The highest BCUT2D eigenvalue weighted by Gasteiger charge is 2.69. The molecule has 3 saturated carbocycles. The first-order valence-electron chi connectivity index (χ1n) is 9.26. The van der Waals surface area contributed by atoms with Crippen LogP contribution in [0, 0.1) is 5.82 Å². The Labute approximate surface area is 180 Å². The van der Waals surface area contributed by atoms with Gasteiger partial charge in [0.15, 0.2) is 6.61 Å². The van der Waals surface area contributed by atoms with Gasteiger partial charge in [-0.1, -0.05) is 11.6 Å². The maximum atomic E-state index is 13.4. The molecule has 1 aromatic heterocycles. The van der Waals surface area contributed by atoms with E-state index in [-0.39, 0.29) is 46.2 Å². The minimum Gasteiger partial charge on any atom is -0.484 e. The zero-order valence-corrected chi connectivity index (χ0v) is 17.6. The molecule has 2 aromatic rings. The highest BCUT2D eigenvalue weighted by Crippen LogP contribution is 2.60. The van der Waals surface area contributed by atoms with E-state index < -0.39 is 5.82 Å². The third-order valence-corrected chi connectivity index (χ3v) is 6.41. The molecule has 0 radical (unpaired) electrons. The van der Waals surface area contributed by atoms with Gasteiger partial charge in [-0.3, -0.25) is 14.4 Å². The molecule has 0 spiro atoms. The maximum absolute atomic E-state index is 13.4. The van der Waals surface area contributed by atoms with Gasteiger partial charge in [-0.05, 0) is 42.8 Å². The molecule has 10 heteroatoms. The van der Waals surface area contributed by atoms with E-state index in [9.17, 15) is 18.8 Å². The lowest BCUT2D eigenvalue weighted by Gasteiger charge is -2.70. The average molecular weight is 452 g/mol. The summed E-state index contributed by atoms with van der Waals surface area (Å²) in [5.41, 5.74) is -0.241. The number of amides is 3. The van der Waals surface area contributed by atoms with Gasteiger partial charge in [0.2, 0.25) is 5.91 Å². The van der Waals surface area contributed by atoms with Crippen molar-refractivity contribution in [3.05, 3.63) is 46.0 Å². The molecule has 3 aliphatic carbocycles. The van der Waals surface area contributed by atoms with Crippen LogP contribution in [-0.4, -0.2) is 35.4 Å². The molecule has 3 fully saturated rings. The topological polar surface area (TPSA) is 96.5 Å². The number of carbonyl (C=O) groups is 3. The van der Waals surface area contributed by atoms with Gasteiger partial charge in [0.25, 0.3) is 11.8 Å². The molecule has 1 aromatic carbocycles. The number of hydrogen-bond donors (Lipinski definition) is 3. The van der Waals surface area contributed by atoms with Crippen LogP contribution in [0.1, 0.15) is 36.5 Å². The number of nitrogens with one attached hydrogen (secondary N) is 3. The number of ether oxygens (including phenoxy) is 1. The van der Waals surface area contributed by atoms with E-state index in [2.05, 4.69) is 16.0 Å². The van der Waals surface area contributed by atoms with Crippen molar-refractivity contribution in [3.8, 4) is 5.75 Å². The number of anilines is 1. The Morgan fingerprint density at radius 3 is 2.53 bits per heavy atom. The number of carbonyl (C=O) groups excluding carboxylic acids is 3. The Kier molecular flexibility index (Phi) is 5.19. The number of thiophene rings is 1. The molecule has 30 heavy (non-hydrogen) atoms. The molecular weight excluding hydrogens is 433 g/mol. The van der Waals surface area contributed by atoms with E-state index in [4.69, 9.17) is 16.3 Å². The quantitative estimate of drug-likeness (QED) is 0.602. The van der Waals surface area contributed by atoms with E-state index in [0.717, 1.165) is 6.07 Å². The minimum absolute atomic E-state index is 0.0142. The summed E-state index contributed by atoms with van der Waals surface area (Å²) in [6.07, 6.45) is 1.89. The van der Waals surface area contributed by atoms with Crippen molar-refractivity contribution in [1.29, 1.82) is 0 Å². The van der Waals surface area contributed by atoms with Crippen LogP contribution >= 0.6 is 22.9 Å². The summed E-state index contributed by atoms with van der Waals surface area (Å²) in [6, 6.07) is 5.65. The second kappa shape index (κ2) is 7.55. The fourth-order valence-electron chi connectivity index (χ4n) is 4.15. The summed E-state index contributed by atoms with van der Waals surface area (Å²) < 4.78 is 18.7. The zero-order chi connectivity index (χ0) is 21.5. The van der Waals surface area contributed by atoms with Crippen LogP contribution in [0.15, 0.2) is 29.6 Å². The molecule has 3 N–H and O–H groups in total. The van der Waals surface area contributed by atoms with E-state index >= 15 is 0 Å². The van der Waals surface area contributed by atoms with Gasteiger partial charge in [-0.25, -0.2) is 4.39 Å². The fourth-order valence-corrected chi connectivity index (χ4v) is 5.10. The molecule has 0 unspecified atom stereocenters. The first-order valence-corrected chi connectivity index (χ1v) is 10.5. The molecule has 0 aliphatic heterocycles. The molecule has 158 valence electrons. The summed E-state index contributed by atoms with van der Waals surface area (Å²) in [5.74, 6) is -1.18. The van der Waals surface area contributed by atoms with Crippen LogP contribution in [-0.2, 0) is 9.59 Å². The van der Waals surface area contributed by atoms with Crippen LogP contribution < -0.4 is 20.7 Å². The lowest BCUT2D eigenvalue weighted by Crippen LogP contribution is -2.84. The molecule has 0 saturated heterocycles. The van der Waals surface area contributed by atoms with Crippen molar-refractivity contribution in [1.82, 2.24) is 10.6 Å². The van der Waals surface area contributed by atoms with Gasteiger partial charge in [-0.2, -0.15) is 0 Å². The summed E-state index contributed by atoms with van der Waals surface area (Å²) in [6.45, 7) is 1.15. The SMILES string of the molecule is CC(=O)Nc1sccc1C(=O)NC12CC(NC(=O)COc3ccc(Cl)c(F)c3)(C1)C2. The molecule has 3 aliphatic rings. The van der Waals surface area contributed by atoms with Crippen LogP contribution in [0.2, 0.25) is 5.02 Å². The number of halogens is 2. The third kappa shape index (κ3) is 3.99. The normalized spacial score (nSPS) is 23.6. The van der Waals surface area contributed by atoms with Gasteiger partial charge < -0.3 is 20.7 Å². The van der Waals surface area contributed by atoms with Crippen LogP contribution in [0.3, 0.4) is 0 Å². The Morgan fingerprint density at radius 2 is 1.87 bits per heavy atom. The van der Waals surface area contributed by atoms with E-state index in [1.807, 2.05) is 0 Å². The van der Waals surface area contributed by atoms with Crippen molar-refractivity contribution in [2.45, 2.75) is 37.3 Å². The predicted octanol–water partition coefficient (Wildman–Crippen LogP) is 3.10. The van der Waals surface area contributed by atoms with Crippen molar-refractivity contribution < 1.29 is 23.5 Å². The summed E-state index contributed by atoms with van der Waals surface area (Å²) in [7, 11) is 0. The second-order valence-electron chi connectivity index (χ2n) is 7.80. The Hall–Kier alpha value is -2.65. The first-order chi connectivity index (χ1) is 14.2. The lowest BCUT2D eigenvalue weighted by molar-refractivity contribution is -0.141. The van der Waals surface area contributed by atoms with Crippen LogP contribution in [0.5, 0.6) is 5.75 Å². The highest BCUT2D eigenvalue weighted by molar-refractivity contribution is 7.14. The lowest BCUT2D eigenvalue weighted by atomic mass is 9.44. The van der Waals surface area contributed by atoms with Crippen LogP contribution in [0.25, 0.3) is 0 Å².